The van der Waals surface area contributed by atoms with Crippen LogP contribution in [0.1, 0.15) is 54.0 Å². The van der Waals surface area contributed by atoms with Crippen molar-refractivity contribution in [3.8, 4) is 0 Å². The van der Waals surface area contributed by atoms with Crippen molar-refractivity contribution in [2.24, 2.45) is 0 Å². The Bertz CT molecular complexity index is 1420. The van der Waals surface area contributed by atoms with Crippen molar-refractivity contribution in [1.29, 1.82) is 0 Å². The molecule has 2 aliphatic rings. The van der Waals surface area contributed by atoms with Gasteiger partial charge in [-0.1, -0.05) is 0 Å². The minimum absolute atomic E-state index is 0.314. The van der Waals surface area contributed by atoms with E-state index in [0.717, 1.165) is 52.2 Å². The molecule has 1 aromatic rings. The smallest absolute Gasteiger partial charge is 0.303 e. The molecule has 0 aliphatic carbocycles. The lowest BCUT2D eigenvalue weighted by Gasteiger charge is -2.27. The van der Waals surface area contributed by atoms with Gasteiger partial charge in [0.25, 0.3) is 5.56 Å². The van der Waals surface area contributed by atoms with Crippen LogP contribution in [-0.4, -0.2) is 94.8 Å². The molecule has 2 fully saturated rings. The summed E-state index contributed by atoms with van der Waals surface area (Å²) in [4.78, 5) is 84.3. The fourth-order valence-corrected chi connectivity index (χ4v) is 5.11. The third-order valence-electron chi connectivity index (χ3n) is 6.25. The van der Waals surface area contributed by atoms with E-state index in [4.69, 9.17) is 50.1 Å². The normalized spacial score (nSPS) is 27.6. The largest absolute Gasteiger partial charge is 0.463 e. The van der Waals surface area contributed by atoms with Gasteiger partial charge in [-0.25, -0.2) is 0 Å². The highest BCUT2D eigenvalue weighted by atomic mass is 32.1. The molecule has 3 rings (SSSR count). The topological polar surface area (TPSA) is 203 Å². The van der Waals surface area contributed by atoms with Crippen LogP contribution < -0.4 is 5.56 Å². The molecule has 0 amide bonds. The molecule has 0 bridgehead atoms. The van der Waals surface area contributed by atoms with Crippen LogP contribution in [0.25, 0.3) is 0 Å². The second-order valence-electron chi connectivity index (χ2n) is 9.75. The molecule has 0 N–H and O–H groups in total. The van der Waals surface area contributed by atoms with E-state index in [1.807, 2.05) is 0 Å². The van der Waals surface area contributed by atoms with Gasteiger partial charge in [-0.05, 0) is 12.2 Å². The number of carbonyl (C=O) groups excluding carboxylic acids is 6. The highest BCUT2D eigenvalue weighted by Crippen LogP contribution is 2.37. The van der Waals surface area contributed by atoms with Gasteiger partial charge in [-0.15, -0.1) is 0 Å². The highest BCUT2D eigenvalue weighted by molar-refractivity contribution is 7.71. The van der Waals surface area contributed by atoms with Crippen molar-refractivity contribution in [3.05, 3.63) is 27.4 Å². The Hall–Kier alpha value is -4.16. The van der Waals surface area contributed by atoms with Gasteiger partial charge in [0.05, 0.1) is 0 Å². The van der Waals surface area contributed by atoms with Gasteiger partial charge >= 0.3 is 35.8 Å². The van der Waals surface area contributed by atoms with Crippen LogP contribution in [0.15, 0.2) is 17.1 Å². The molecular formula is C26H32N2O15S. The van der Waals surface area contributed by atoms with Crippen molar-refractivity contribution >= 4 is 48.0 Å². The third kappa shape index (κ3) is 8.26. The molecule has 1 aromatic heterocycles. The summed E-state index contributed by atoms with van der Waals surface area (Å²) < 4.78 is 45.4. The maximum absolute atomic E-state index is 13.3. The number of carbonyl (C=O) groups is 6. The summed E-state index contributed by atoms with van der Waals surface area (Å²) in [6.45, 7) is 5.87. The molecule has 0 unspecified atom stereocenters. The Morgan fingerprint density at radius 1 is 0.659 bits per heavy atom. The van der Waals surface area contributed by atoms with Crippen molar-refractivity contribution < 1.29 is 66.7 Å². The zero-order valence-electron chi connectivity index (χ0n) is 24.6. The zero-order chi connectivity index (χ0) is 32.9. The van der Waals surface area contributed by atoms with Crippen molar-refractivity contribution in [2.75, 3.05) is 13.2 Å². The lowest BCUT2D eigenvalue weighted by Crippen LogP contribution is -2.43. The molecule has 0 spiro atoms. The fraction of sp³-hybridized carbons (Fsp3) is 0.615. The molecule has 2 saturated heterocycles. The van der Waals surface area contributed by atoms with E-state index in [0.29, 0.717) is 0 Å². The number of ether oxygens (including phenoxy) is 8. The van der Waals surface area contributed by atoms with Crippen molar-refractivity contribution in [2.45, 2.75) is 90.6 Å². The average molecular weight is 645 g/mol. The van der Waals surface area contributed by atoms with Gasteiger partial charge < -0.3 is 37.9 Å². The number of hydrogen-bond acceptors (Lipinski definition) is 16. The molecule has 3 heterocycles. The predicted octanol–water partition coefficient (Wildman–Crippen LogP) is 0.0271. The summed E-state index contributed by atoms with van der Waals surface area (Å²) in [5, 5.41) is 0. The number of hydrogen-bond donors (Lipinski definition) is 0. The maximum Gasteiger partial charge on any atom is 0.303 e. The molecule has 8 atom stereocenters. The molecule has 18 heteroatoms. The first kappa shape index (κ1) is 34.3. The summed E-state index contributed by atoms with van der Waals surface area (Å²) in [5.41, 5.74) is -0.752. The SMILES string of the molecule is CC(=O)OC[C@H]1O[C@@H](n2ccc(=O)n([C@@H]3O[C@H](COC(C)=O)[C@@H](OC(C)=O)[C@H]3OC(C)=O)c2=S)[C@H](OC(C)=O)[C@@H]1OC(C)=O. The monoisotopic (exact) mass is 644 g/mol. The lowest BCUT2D eigenvalue weighted by molar-refractivity contribution is -0.166. The first-order valence-corrected chi connectivity index (χ1v) is 13.6. The lowest BCUT2D eigenvalue weighted by atomic mass is 10.1. The average Bonchev–Trinajstić information content (AvgIpc) is 3.38. The number of aromatic nitrogens is 2. The van der Waals surface area contributed by atoms with Crippen molar-refractivity contribution in [3.63, 3.8) is 0 Å². The first-order valence-electron chi connectivity index (χ1n) is 13.2. The van der Waals surface area contributed by atoms with Gasteiger partial charge in [0.1, 0.15) is 25.4 Å². The molecule has 0 aromatic carbocycles. The van der Waals surface area contributed by atoms with E-state index in [1.54, 1.807) is 0 Å². The highest BCUT2D eigenvalue weighted by Gasteiger charge is 2.53. The van der Waals surface area contributed by atoms with Gasteiger partial charge in [0, 0.05) is 53.8 Å². The van der Waals surface area contributed by atoms with E-state index in [1.165, 1.54) is 10.8 Å². The van der Waals surface area contributed by atoms with E-state index in [9.17, 15) is 33.6 Å². The van der Waals surface area contributed by atoms with Crippen molar-refractivity contribution in [1.82, 2.24) is 9.13 Å². The van der Waals surface area contributed by atoms with Crippen LogP contribution in [0.2, 0.25) is 0 Å². The van der Waals surface area contributed by atoms with Crippen LogP contribution in [0.5, 0.6) is 0 Å². The van der Waals surface area contributed by atoms with Crippen LogP contribution in [0.3, 0.4) is 0 Å². The Labute approximate surface area is 255 Å². The van der Waals surface area contributed by atoms with E-state index < -0.39 is 104 Å². The number of nitrogens with zero attached hydrogens (tertiary/aromatic N) is 2. The molecule has 242 valence electrons. The molecule has 44 heavy (non-hydrogen) atoms. The molecule has 0 radical (unpaired) electrons. The zero-order valence-corrected chi connectivity index (χ0v) is 25.4. The third-order valence-corrected chi connectivity index (χ3v) is 6.66. The summed E-state index contributed by atoms with van der Waals surface area (Å²) in [7, 11) is 0. The Balaban J connectivity index is 2.13. The first-order chi connectivity index (χ1) is 20.6. The van der Waals surface area contributed by atoms with Gasteiger partial charge in [-0.3, -0.25) is 42.7 Å². The summed E-state index contributed by atoms with van der Waals surface area (Å²) in [5.74, 6) is -4.47. The quantitative estimate of drug-likeness (QED) is 0.187. The number of esters is 6. The summed E-state index contributed by atoms with van der Waals surface area (Å²) in [6.07, 6.45) is -9.31. The molecular weight excluding hydrogens is 612 g/mol. The predicted molar refractivity (Wildman–Crippen MR) is 143 cm³/mol. The van der Waals surface area contributed by atoms with Gasteiger partial charge in [0.2, 0.25) is 0 Å². The van der Waals surface area contributed by atoms with Crippen LogP contribution in [-0.2, 0) is 66.7 Å². The van der Waals surface area contributed by atoms with Gasteiger partial charge in [0.15, 0.2) is 41.6 Å². The second-order valence-corrected chi connectivity index (χ2v) is 10.1. The molecule has 0 saturated carbocycles. The molecule has 2 aliphatic heterocycles. The second kappa shape index (κ2) is 14.5. The minimum Gasteiger partial charge on any atom is -0.463 e. The molecule has 17 nitrogen and oxygen atoms in total. The number of rotatable bonds is 10. The summed E-state index contributed by atoms with van der Waals surface area (Å²) in [6, 6.07) is 1.05. The van der Waals surface area contributed by atoms with E-state index in [-0.39, 0.29) is 4.77 Å². The van der Waals surface area contributed by atoms with Crippen LogP contribution in [0, 0.1) is 4.77 Å². The van der Waals surface area contributed by atoms with E-state index >= 15 is 0 Å². The van der Waals surface area contributed by atoms with Crippen LogP contribution in [0.4, 0.5) is 0 Å². The Morgan fingerprint density at radius 3 is 1.45 bits per heavy atom. The van der Waals surface area contributed by atoms with Gasteiger partial charge in [-0.2, -0.15) is 0 Å². The van der Waals surface area contributed by atoms with Crippen LogP contribution >= 0.6 is 12.2 Å². The summed E-state index contributed by atoms with van der Waals surface area (Å²) >= 11 is 5.63. The Morgan fingerprint density at radius 2 is 1.05 bits per heavy atom. The minimum atomic E-state index is -1.51. The fourth-order valence-electron chi connectivity index (χ4n) is 4.75. The van der Waals surface area contributed by atoms with E-state index in [2.05, 4.69) is 0 Å². The maximum atomic E-state index is 13.3. The standard InChI is InChI=1S/C26H32N2O15S/c1-11(29)36-9-17-20(38-13(3)31)22(40-15(5)33)24(42-17)27-8-7-19(35)28(26(27)44)25-23(41-16(6)34)21(39-14(4)32)18(43-25)10-37-12(2)30/h7-8,17-18,20-25H,9-10H2,1-6H3/t17-,18-,20-,21-,22-,23-,24-,25-/m1/s1. The Kier molecular flexibility index (Phi) is 11.3.